The maximum Gasteiger partial charge on any atom is 0.397 e. The molecule has 386 valence electrons. The fourth-order valence-corrected chi connectivity index (χ4v) is 21.8. The summed E-state index contributed by atoms with van der Waals surface area (Å²) < 4.78 is 68.5. The summed E-state index contributed by atoms with van der Waals surface area (Å²) in [5.41, 5.74) is 5.82. The quantitative estimate of drug-likeness (QED) is 0.159. The summed E-state index contributed by atoms with van der Waals surface area (Å²) >= 11 is 0. The third kappa shape index (κ3) is 6.45. The van der Waals surface area contributed by atoms with Crippen LogP contribution in [-0.2, 0) is 33.5 Å². The average molecular weight is 977 g/mol. The van der Waals surface area contributed by atoms with E-state index in [1.54, 1.807) is 11.1 Å². The Kier molecular flexibility index (Phi) is 10.6. The highest BCUT2D eigenvalue weighted by Gasteiger charge is 2.72. The largest absolute Gasteiger partial charge is 0.397 e. The van der Waals surface area contributed by atoms with Crippen LogP contribution in [0.4, 0.5) is 0 Å². The summed E-state index contributed by atoms with van der Waals surface area (Å²) in [6.45, 7) is 26.6. The lowest BCUT2D eigenvalue weighted by molar-refractivity contribution is -0.375. The third-order valence-electron chi connectivity index (χ3n) is 24.9. The van der Waals surface area contributed by atoms with Crippen molar-refractivity contribution in [1.29, 1.82) is 0 Å². The van der Waals surface area contributed by atoms with Crippen molar-refractivity contribution < 1.29 is 46.3 Å². The lowest BCUT2D eigenvalue weighted by atomic mass is 9.42. The van der Waals surface area contributed by atoms with Gasteiger partial charge < -0.3 is 29.2 Å². The predicted molar refractivity (Wildman–Crippen MR) is 264 cm³/mol. The van der Waals surface area contributed by atoms with Gasteiger partial charge in [0.05, 0.1) is 42.7 Å². The summed E-state index contributed by atoms with van der Waals surface area (Å²) in [5.74, 6) is 0.650. The van der Waals surface area contributed by atoms with Gasteiger partial charge >= 0.3 is 10.4 Å². The van der Waals surface area contributed by atoms with Crippen LogP contribution in [0.15, 0.2) is 33.9 Å². The lowest BCUT2D eigenvalue weighted by Crippen LogP contribution is -2.71. The van der Waals surface area contributed by atoms with Gasteiger partial charge in [-0.1, -0.05) is 89.3 Å². The molecule has 6 aliphatic heterocycles. The Morgan fingerprint density at radius 1 is 0.783 bits per heavy atom. The van der Waals surface area contributed by atoms with Gasteiger partial charge in [-0.2, -0.15) is 8.42 Å². The number of ether oxygens (including phenoxy) is 4. The summed E-state index contributed by atoms with van der Waals surface area (Å²) in [7, 11) is -4.73. The molecule has 2 spiro atoms. The first-order chi connectivity index (χ1) is 32.1. The van der Waals surface area contributed by atoms with Gasteiger partial charge in [0.15, 0.2) is 11.6 Å². The van der Waals surface area contributed by atoms with Gasteiger partial charge in [-0.25, -0.2) is 4.18 Å². The number of hydrogen-bond acceptors (Lipinski definition) is 9. The second-order valence-electron chi connectivity index (χ2n) is 28.5. The SMILES string of the molecule is C[C@@H]([C@H]1CCC2C3=C(CC[C@@]21C)[C@]12CC[C@](O)(OC1)C(C)(C)C2[C@@H](OS(=O)(=O)O)C3)[C@H]1C[C@@H]2C[C@@](C)(OC2(C)C)[C@H](CC[C@@H](C)[C@H]2CCC3C4=C(CC[C@@]32C)[C@]23CC[C@](O)(OC2)C(C)(C)C3=CC4)O1. The Hall–Kier alpha value is -1.15. The molecule has 0 aromatic rings. The Labute approximate surface area is 414 Å². The molecule has 8 aliphatic carbocycles. The van der Waals surface area contributed by atoms with Crippen LogP contribution in [0.25, 0.3) is 0 Å². The van der Waals surface area contributed by atoms with Crippen LogP contribution >= 0.6 is 0 Å². The van der Waals surface area contributed by atoms with Crippen molar-refractivity contribution >= 4 is 10.4 Å². The molecule has 18 atom stereocenters. The fourth-order valence-electron chi connectivity index (χ4n) is 21.3. The van der Waals surface area contributed by atoms with E-state index < -0.39 is 38.9 Å². The van der Waals surface area contributed by atoms with Crippen LogP contribution in [0.1, 0.15) is 192 Å². The van der Waals surface area contributed by atoms with E-state index in [9.17, 15) is 23.2 Å². The molecule has 0 aromatic carbocycles. The van der Waals surface area contributed by atoms with Gasteiger partial charge in [0, 0.05) is 40.4 Å². The van der Waals surface area contributed by atoms with Crippen molar-refractivity contribution in [1.82, 2.24) is 0 Å². The molecule has 11 heteroatoms. The molecule has 3 unspecified atom stereocenters. The topological polar surface area (TPSA) is 141 Å². The molecular weight excluding hydrogens is 889 g/mol. The Bertz CT molecular complexity index is 2360. The Morgan fingerprint density at radius 3 is 2.10 bits per heavy atom. The molecule has 0 amide bonds. The van der Waals surface area contributed by atoms with Crippen LogP contribution < -0.4 is 0 Å². The highest BCUT2D eigenvalue weighted by atomic mass is 32.3. The van der Waals surface area contributed by atoms with Crippen LogP contribution in [0, 0.1) is 79.8 Å². The molecule has 6 heterocycles. The summed E-state index contributed by atoms with van der Waals surface area (Å²) in [4.78, 5) is 0. The van der Waals surface area contributed by atoms with Crippen molar-refractivity contribution in [3.63, 3.8) is 0 Å². The van der Waals surface area contributed by atoms with Crippen LogP contribution in [0.2, 0.25) is 0 Å². The van der Waals surface area contributed by atoms with Gasteiger partial charge in [-0.15, -0.1) is 0 Å². The first kappa shape index (κ1) is 48.8. The summed E-state index contributed by atoms with van der Waals surface area (Å²) in [5, 5.41) is 23.3. The monoisotopic (exact) mass is 977 g/mol. The minimum absolute atomic E-state index is 0.0130. The molecule has 14 aliphatic rings. The van der Waals surface area contributed by atoms with E-state index in [1.165, 1.54) is 36.0 Å². The normalized spacial score (nSPS) is 51.7. The molecule has 4 saturated carbocycles. The average Bonchev–Trinajstić information content (AvgIpc) is 3.85. The number of allylic oxidation sites excluding steroid dienone is 2. The van der Waals surface area contributed by atoms with E-state index in [0.717, 1.165) is 83.5 Å². The standard InChI is InChI=1S/C58H88O10S/c1-33(38-14-16-40-36-13-18-46-49(3,4)57(59)26-24-55(46,31-64-57)42(36)20-22-52(38,40)9)12-19-47-54(11)30-35(51(7,8)68-54)28-44(66-47)34(2)39-15-17-41-37-29-45(67-69(61,62)63)48-50(5,6)58(60)27-25-56(48,32-65-58)43(37)21-23-53(39,41)10/h18,33-35,38-41,44-45,47-48,59-60H,12-17,19-32H2,1-11H3,(H,61,62,63)/t33-,34+,35-,38-,39-,40?,41?,44-,45+,47+,48?,52-,53-,54-,55+,56+,57+,58+/m1/s1. The molecule has 3 N–H and O–H groups in total. The molecule has 10 fully saturated rings. The highest BCUT2D eigenvalue weighted by Crippen LogP contribution is 2.74. The fraction of sp³-hybridized carbons (Fsp3) is 0.897. The van der Waals surface area contributed by atoms with E-state index in [4.69, 9.17) is 23.1 Å². The van der Waals surface area contributed by atoms with Gasteiger partial charge in [-0.3, -0.25) is 4.55 Å². The molecule has 6 bridgehead atoms. The minimum Gasteiger partial charge on any atom is -0.372 e. The van der Waals surface area contributed by atoms with Crippen LogP contribution in [0.5, 0.6) is 0 Å². The Morgan fingerprint density at radius 2 is 1.43 bits per heavy atom. The molecule has 14 rings (SSSR count). The molecule has 0 radical (unpaired) electrons. The van der Waals surface area contributed by atoms with Crippen molar-refractivity contribution in [3.05, 3.63) is 33.9 Å². The summed E-state index contributed by atoms with van der Waals surface area (Å²) in [6.07, 6.45) is 19.7. The number of aliphatic hydroxyl groups is 2. The highest BCUT2D eigenvalue weighted by molar-refractivity contribution is 7.80. The van der Waals surface area contributed by atoms with Gasteiger partial charge in [-0.05, 0) is 176 Å². The van der Waals surface area contributed by atoms with E-state index in [0.29, 0.717) is 67.5 Å². The van der Waals surface area contributed by atoms with Crippen molar-refractivity contribution in [2.24, 2.45) is 79.8 Å². The maximum atomic E-state index is 12.6. The van der Waals surface area contributed by atoms with Crippen molar-refractivity contribution in [2.75, 3.05) is 13.2 Å². The van der Waals surface area contributed by atoms with Crippen molar-refractivity contribution in [3.8, 4) is 0 Å². The van der Waals surface area contributed by atoms with Gasteiger partial charge in [0.25, 0.3) is 0 Å². The van der Waals surface area contributed by atoms with E-state index in [-0.39, 0.29) is 51.0 Å². The molecule has 69 heavy (non-hydrogen) atoms. The lowest BCUT2D eigenvalue weighted by Gasteiger charge is -2.68. The smallest absolute Gasteiger partial charge is 0.372 e. The zero-order valence-corrected chi connectivity index (χ0v) is 45.0. The first-order valence-corrected chi connectivity index (χ1v) is 29.3. The minimum atomic E-state index is -4.73. The third-order valence-corrected chi connectivity index (χ3v) is 25.4. The number of hydrogen-bond donors (Lipinski definition) is 3. The van der Waals surface area contributed by atoms with Crippen LogP contribution in [-0.4, -0.2) is 77.5 Å². The van der Waals surface area contributed by atoms with E-state index in [2.05, 4.69) is 68.4 Å². The zero-order chi connectivity index (χ0) is 49.1. The maximum absolute atomic E-state index is 12.6. The van der Waals surface area contributed by atoms with Gasteiger partial charge in [0.2, 0.25) is 0 Å². The van der Waals surface area contributed by atoms with E-state index in [1.807, 2.05) is 13.8 Å². The van der Waals surface area contributed by atoms with Crippen LogP contribution in [0.3, 0.4) is 0 Å². The van der Waals surface area contributed by atoms with Crippen molar-refractivity contribution in [2.45, 2.75) is 233 Å². The number of fused-ring (bicyclic) bond motifs is 10. The zero-order valence-electron chi connectivity index (χ0n) is 44.2. The van der Waals surface area contributed by atoms with E-state index >= 15 is 0 Å². The second kappa shape index (κ2) is 15.0. The number of rotatable bonds is 8. The molecule has 0 aromatic heterocycles. The van der Waals surface area contributed by atoms with Gasteiger partial charge in [0.1, 0.15) is 0 Å². The molecular formula is C58H88O10S. The second-order valence-corrected chi connectivity index (χ2v) is 29.6. The first-order valence-electron chi connectivity index (χ1n) is 28.0. The predicted octanol–water partition coefficient (Wildman–Crippen LogP) is 11.6. The summed E-state index contributed by atoms with van der Waals surface area (Å²) in [6, 6.07) is 0. The Balaban J connectivity index is 0.778. The molecule has 6 saturated heterocycles. The molecule has 10 nitrogen and oxygen atoms in total.